The van der Waals surface area contributed by atoms with E-state index in [1.165, 1.54) is 18.1 Å². The Hall–Kier alpha value is -3.11. The fraction of sp³-hybridized carbons (Fsp3) is 0.304. The molecule has 1 aliphatic heterocycles. The van der Waals surface area contributed by atoms with E-state index < -0.39 is 16.2 Å². The van der Waals surface area contributed by atoms with E-state index in [1.807, 2.05) is 13.0 Å². The second kappa shape index (κ2) is 9.40. The van der Waals surface area contributed by atoms with Crippen molar-refractivity contribution in [1.29, 1.82) is 0 Å². The number of aryl methyl sites for hydroxylation is 2. The van der Waals surface area contributed by atoms with E-state index in [0.29, 0.717) is 27.5 Å². The van der Waals surface area contributed by atoms with E-state index in [-0.39, 0.29) is 22.3 Å². The van der Waals surface area contributed by atoms with Gasteiger partial charge in [-0.1, -0.05) is 18.2 Å². The van der Waals surface area contributed by atoms with Crippen molar-refractivity contribution < 1.29 is 22.1 Å². The van der Waals surface area contributed by atoms with E-state index in [9.17, 15) is 13.2 Å². The highest BCUT2D eigenvalue weighted by Gasteiger charge is 2.31. The van der Waals surface area contributed by atoms with Crippen molar-refractivity contribution in [2.24, 2.45) is 0 Å². The van der Waals surface area contributed by atoms with Gasteiger partial charge in [-0.25, -0.2) is 0 Å². The number of benzene rings is 2. The molecule has 1 atom stereocenters. The summed E-state index contributed by atoms with van der Waals surface area (Å²) in [5, 5.41) is 6.47. The topological polar surface area (TPSA) is 97.0 Å². The summed E-state index contributed by atoms with van der Waals surface area (Å²) in [5.41, 5.74) is 3.18. The molecule has 0 saturated carbocycles. The Morgan fingerprint density at radius 3 is 2.39 bits per heavy atom. The van der Waals surface area contributed by atoms with Crippen molar-refractivity contribution in [3.8, 4) is 11.5 Å². The van der Waals surface area contributed by atoms with Gasteiger partial charge in [0, 0.05) is 19.8 Å². The maximum Gasteiger partial charge on any atom is 0.339 e. The summed E-state index contributed by atoms with van der Waals surface area (Å²) in [6, 6.07) is 9.41. The minimum Gasteiger partial charge on any atom is -0.493 e. The number of thiocarbonyl (C=S) groups is 1. The van der Waals surface area contributed by atoms with Crippen LogP contribution in [-0.4, -0.2) is 45.5 Å². The van der Waals surface area contributed by atoms with Crippen molar-refractivity contribution in [2.75, 3.05) is 21.2 Å². The monoisotopic (exact) mass is 489 g/mol. The molecule has 0 spiro atoms. The molecule has 8 nitrogen and oxygen atoms in total. The largest absolute Gasteiger partial charge is 0.493 e. The van der Waals surface area contributed by atoms with Gasteiger partial charge in [0.25, 0.3) is 5.91 Å². The van der Waals surface area contributed by atoms with Crippen LogP contribution in [0.25, 0.3) is 0 Å². The zero-order valence-corrected chi connectivity index (χ0v) is 21.0. The van der Waals surface area contributed by atoms with Gasteiger partial charge in [0.05, 0.1) is 18.7 Å². The quantitative estimate of drug-likeness (QED) is 0.472. The van der Waals surface area contributed by atoms with Crippen LogP contribution < -0.4 is 19.6 Å². The average Bonchev–Trinajstić information content (AvgIpc) is 2.74. The molecule has 3 rings (SSSR count). The lowest BCUT2D eigenvalue weighted by Crippen LogP contribution is -2.46. The fourth-order valence-electron chi connectivity index (χ4n) is 3.54. The highest BCUT2D eigenvalue weighted by atomic mass is 32.2. The summed E-state index contributed by atoms with van der Waals surface area (Å²) in [6.45, 7) is 5.30. The number of carbonyl (C=O) groups excluding carboxylic acids is 1. The smallest absolute Gasteiger partial charge is 0.339 e. The van der Waals surface area contributed by atoms with Crippen LogP contribution in [0.2, 0.25) is 0 Å². The molecular weight excluding hydrogens is 462 g/mol. The number of likely N-dealkylation sites (N-methyl/N-ethyl adjacent to an activating group) is 1. The molecule has 1 heterocycles. The van der Waals surface area contributed by atoms with Crippen molar-refractivity contribution in [2.45, 2.75) is 31.7 Å². The van der Waals surface area contributed by atoms with Crippen molar-refractivity contribution in [1.82, 2.24) is 15.5 Å². The Bertz CT molecular complexity index is 1250. The van der Waals surface area contributed by atoms with Crippen LogP contribution in [0.1, 0.15) is 29.7 Å². The molecular formula is C23H27N3O5S2. The number of allylic oxidation sites excluding steroid dienone is 1. The summed E-state index contributed by atoms with van der Waals surface area (Å²) in [6.07, 6.45) is 0. The molecule has 0 radical (unpaired) electrons. The molecule has 33 heavy (non-hydrogen) atoms. The molecule has 0 aromatic heterocycles. The van der Waals surface area contributed by atoms with Crippen LogP contribution in [0.5, 0.6) is 11.5 Å². The number of ether oxygens (including phenoxy) is 1. The summed E-state index contributed by atoms with van der Waals surface area (Å²) in [7, 11) is 0.672. The lowest BCUT2D eigenvalue weighted by molar-refractivity contribution is -0.125. The van der Waals surface area contributed by atoms with Crippen LogP contribution >= 0.6 is 12.2 Å². The molecule has 2 N–H and O–H groups in total. The lowest BCUT2D eigenvalue weighted by Gasteiger charge is -2.31. The highest BCUT2D eigenvalue weighted by Crippen LogP contribution is 2.36. The van der Waals surface area contributed by atoms with Crippen LogP contribution in [-0.2, 0) is 14.9 Å². The molecule has 0 saturated heterocycles. The Labute approximate surface area is 199 Å². The maximum atomic E-state index is 13.0. The zero-order valence-electron chi connectivity index (χ0n) is 19.3. The van der Waals surface area contributed by atoms with Gasteiger partial charge in [-0.05, 0) is 67.9 Å². The number of amides is 1. The summed E-state index contributed by atoms with van der Waals surface area (Å²) >= 11 is 5.28. The Morgan fingerprint density at radius 2 is 1.76 bits per heavy atom. The molecule has 0 fully saturated rings. The molecule has 2 aromatic rings. The van der Waals surface area contributed by atoms with Gasteiger partial charge in [-0.2, -0.15) is 8.42 Å². The third-order valence-electron chi connectivity index (χ3n) is 5.24. The summed E-state index contributed by atoms with van der Waals surface area (Å²) in [5.74, 6) is 0.0681. The Morgan fingerprint density at radius 1 is 1.06 bits per heavy atom. The minimum absolute atomic E-state index is 0.0415. The predicted molar refractivity (Wildman–Crippen MR) is 130 cm³/mol. The maximum absolute atomic E-state index is 13.0. The van der Waals surface area contributed by atoms with E-state index >= 15 is 0 Å². The highest BCUT2D eigenvalue weighted by molar-refractivity contribution is 7.87. The summed E-state index contributed by atoms with van der Waals surface area (Å²) in [4.78, 5) is 14.4. The molecule has 0 aliphatic carbocycles. The van der Waals surface area contributed by atoms with Gasteiger partial charge in [0.2, 0.25) is 0 Å². The lowest BCUT2D eigenvalue weighted by atomic mass is 9.94. The van der Waals surface area contributed by atoms with Gasteiger partial charge in [0.15, 0.2) is 16.6 Å². The third kappa shape index (κ3) is 5.12. The Balaban J connectivity index is 2.02. The van der Waals surface area contributed by atoms with Crippen molar-refractivity contribution >= 4 is 33.4 Å². The minimum atomic E-state index is -4.09. The fourth-order valence-corrected chi connectivity index (χ4v) is 5.07. The summed E-state index contributed by atoms with van der Waals surface area (Å²) < 4.78 is 36.8. The average molecular weight is 490 g/mol. The first-order valence-electron chi connectivity index (χ1n) is 10.1. The second-order valence-electron chi connectivity index (χ2n) is 7.99. The normalized spacial score (nSPS) is 16.1. The van der Waals surface area contributed by atoms with Gasteiger partial charge >= 0.3 is 10.1 Å². The number of nitrogens with zero attached hydrogens (tertiary/aromatic N) is 1. The van der Waals surface area contributed by atoms with Gasteiger partial charge in [-0.15, -0.1) is 0 Å². The van der Waals surface area contributed by atoms with Gasteiger partial charge in [0.1, 0.15) is 4.90 Å². The standard InChI is InChI=1S/C23H27N3O5S2/c1-13-7-8-14(2)19(11-13)33(28,29)31-17-10-9-16(12-18(17)30-6)21-20(22(27)26(4)5)15(3)24-23(32)25-21/h7-12,21H,1-6H3,(H2,24,25,32)/t21-/m1/s1. The number of hydrogen-bond donors (Lipinski definition) is 2. The number of hydrogen-bond acceptors (Lipinski definition) is 6. The first-order valence-corrected chi connectivity index (χ1v) is 12.0. The van der Waals surface area contributed by atoms with E-state index in [0.717, 1.165) is 5.56 Å². The molecule has 1 aliphatic rings. The predicted octanol–water partition coefficient (Wildman–Crippen LogP) is 2.96. The number of rotatable bonds is 6. The zero-order chi connectivity index (χ0) is 24.5. The molecule has 0 bridgehead atoms. The molecule has 10 heteroatoms. The molecule has 1 amide bonds. The van der Waals surface area contributed by atoms with E-state index in [1.54, 1.807) is 52.2 Å². The van der Waals surface area contributed by atoms with Crippen LogP contribution in [0.15, 0.2) is 52.6 Å². The molecule has 176 valence electrons. The Kier molecular flexibility index (Phi) is 6.99. The van der Waals surface area contributed by atoms with Crippen LogP contribution in [0.4, 0.5) is 0 Å². The molecule has 2 aromatic carbocycles. The van der Waals surface area contributed by atoms with Gasteiger partial charge in [-0.3, -0.25) is 4.79 Å². The van der Waals surface area contributed by atoms with E-state index in [4.69, 9.17) is 21.1 Å². The van der Waals surface area contributed by atoms with Crippen molar-refractivity contribution in [3.05, 3.63) is 64.4 Å². The molecule has 0 unspecified atom stereocenters. The number of carbonyl (C=O) groups is 1. The van der Waals surface area contributed by atoms with E-state index in [2.05, 4.69) is 10.6 Å². The SMILES string of the molecule is COc1cc([C@H]2NC(=S)NC(C)=C2C(=O)N(C)C)ccc1OS(=O)(=O)c1cc(C)ccc1C. The first kappa shape index (κ1) is 24.5. The first-order chi connectivity index (χ1) is 15.4. The number of methoxy groups -OCH3 is 1. The number of nitrogens with one attached hydrogen (secondary N) is 2. The third-order valence-corrected chi connectivity index (χ3v) is 6.84. The second-order valence-corrected chi connectivity index (χ2v) is 9.91. The van der Waals surface area contributed by atoms with Gasteiger partial charge < -0.3 is 24.5 Å². The van der Waals surface area contributed by atoms with Crippen LogP contribution in [0, 0.1) is 13.8 Å². The van der Waals surface area contributed by atoms with Crippen molar-refractivity contribution in [3.63, 3.8) is 0 Å². The van der Waals surface area contributed by atoms with Crippen LogP contribution in [0.3, 0.4) is 0 Å².